The van der Waals surface area contributed by atoms with Gasteiger partial charge in [0.2, 0.25) is 0 Å². The predicted molar refractivity (Wildman–Crippen MR) is 60.8 cm³/mol. The Morgan fingerprint density at radius 1 is 1.20 bits per heavy atom. The number of phenolic OH excluding ortho intramolecular Hbond substituents is 1. The Bertz CT molecular complexity index is 532. The van der Waals surface area contributed by atoms with Crippen LogP contribution < -0.4 is 0 Å². The lowest BCUT2D eigenvalue weighted by Crippen LogP contribution is -1.79. The number of fused-ring (bicyclic) bond motifs is 1. The lowest BCUT2D eigenvalue weighted by Gasteiger charge is -2.06. The summed E-state index contributed by atoms with van der Waals surface area (Å²) in [7, 11) is 1.59. The van der Waals surface area contributed by atoms with E-state index in [1.54, 1.807) is 7.05 Å². The summed E-state index contributed by atoms with van der Waals surface area (Å²) < 4.78 is 0. The van der Waals surface area contributed by atoms with E-state index >= 15 is 0 Å². The van der Waals surface area contributed by atoms with Crippen molar-refractivity contribution in [1.29, 1.82) is 0 Å². The number of benzene rings is 2. The van der Waals surface area contributed by atoms with Gasteiger partial charge in [-0.15, -0.1) is 0 Å². The van der Waals surface area contributed by atoms with Gasteiger partial charge in [0.05, 0.1) is 0 Å². The van der Waals surface area contributed by atoms with Crippen molar-refractivity contribution in [2.24, 2.45) is 10.2 Å². The molecule has 0 saturated heterocycles. The zero-order chi connectivity index (χ0) is 10.8. The maximum absolute atomic E-state index is 10.0. The van der Waals surface area contributed by atoms with Crippen LogP contribution in [-0.2, 0) is 0 Å². The van der Waals surface area contributed by atoms with E-state index in [0.29, 0.717) is 5.69 Å². The average molecular weight is 200 g/mol. The molecule has 15 heavy (non-hydrogen) atoms. The monoisotopic (exact) mass is 200 g/mol. The highest BCUT2D eigenvalue weighted by atomic mass is 16.3. The second-order valence-electron chi connectivity index (χ2n) is 3.41. The number of azo groups is 1. The summed E-state index contributed by atoms with van der Waals surface area (Å²) in [6.07, 6.45) is 0. The molecular formula is C12H12N2O. The number of phenols is 1. The van der Waals surface area contributed by atoms with Crippen LogP contribution in [-0.4, -0.2) is 12.2 Å². The van der Waals surface area contributed by atoms with Crippen molar-refractivity contribution < 1.29 is 5.11 Å². The van der Waals surface area contributed by atoms with Crippen LogP contribution in [0.4, 0.5) is 5.69 Å². The first kappa shape index (κ1) is 9.65. The van der Waals surface area contributed by atoms with E-state index < -0.39 is 0 Å². The van der Waals surface area contributed by atoms with Gasteiger partial charge in [0, 0.05) is 12.4 Å². The molecule has 0 spiro atoms. The highest BCUT2D eigenvalue weighted by Gasteiger charge is 2.08. The smallest absolute Gasteiger partial charge is 0.151 e. The van der Waals surface area contributed by atoms with Gasteiger partial charge in [-0.25, -0.2) is 0 Å². The lowest BCUT2D eigenvalue weighted by atomic mass is 10.0. The van der Waals surface area contributed by atoms with Crippen molar-refractivity contribution >= 4 is 16.5 Å². The molecular weight excluding hydrogens is 188 g/mol. The number of hydrogen-bond acceptors (Lipinski definition) is 3. The molecule has 0 saturated carbocycles. The van der Waals surface area contributed by atoms with Gasteiger partial charge in [0.15, 0.2) is 5.75 Å². The van der Waals surface area contributed by atoms with Crippen molar-refractivity contribution in [1.82, 2.24) is 0 Å². The van der Waals surface area contributed by atoms with Crippen molar-refractivity contribution in [3.05, 3.63) is 35.9 Å². The Morgan fingerprint density at radius 2 is 1.93 bits per heavy atom. The summed E-state index contributed by atoms with van der Waals surface area (Å²) in [6.45, 7) is 1.91. The molecule has 3 nitrogen and oxygen atoms in total. The minimum Gasteiger partial charge on any atom is -0.505 e. The molecule has 0 atom stereocenters. The second-order valence-corrected chi connectivity index (χ2v) is 3.41. The molecule has 0 radical (unpaired) electrons. The van der Waals surface area contributed by atoms with Gasteiger partial charge in [-0.2, -0.15) is 10.2 Å². The van der Waals surface area contributed by atoms with E-state index in [1.807, 2.05) is 37.3 Å². The van der Waals surface area contributed by atoms with Crippen LogP contribution in [0.3, 0.4) is 0 Å². The first-order valence-corrected chi connectivity index (χ1v) is 4.75. The van der Waals surface area contributed by atoms with Gasteiger partial charge >= 0.3 is 0 Å². The maximum atomic E-state index is 10.0. The third-order valence-corrected chi connectivity index (χ3v) is 2.39. The molecule has 3 heteroatoms. The summed E-state index contributed by atoms with van der Waals surface area (Å²) in [4.78, 5) is 0. The summed E-state index contributed by atoms with van der Waals surface area (Å²) in [5.41, 5.74) is 1.48. The standard InChI is InChI=1S/C12H12N2O/c1-8-7-9-5-3-4-6-10(9)12(15)11(8)14-13-2/h3-7,15H,1-2H3. The summed E-state index contributed by atoms with van der Waals surface area (Å²) in [5.74, 6) is 0.205. The fourth-order valence-electron chi connectivity index (χ4n) is 1.68. The zero-order valence-corrected chi connectivity index (χ0v) is 8.73. The van der Waals surface area contributed by atoms with Crippen molar-refractivity contribution in [2.45, 2.75) is 6.92 Å². The van der Waals surface area contributed by atoms with Gasteiger partial charge in [-0.05, 0) is 23.9 Å². The average Bonchev–Trinajstić information content (AvgIpc) is 2.24. The van der Waals surface area contributed by atoms with Crippen LogP contribution in [0.25, 0.3) is 10.8 Å². The third-order valence-electron chi connectivity index (χ3n) is 2.39. The normalized spacial score (nSPS) is 11.3. The topological polar surface area (TPSA) is 45.0 Å². The lowest BCUT2D eigenvalue weighted by molar-refractivity contribution is 0.482. The minimum absolute atomic E-state index is 0.205. The molecule has 0 amide bonds. The Hall–Kier alpha value is -1.90. The van der Waals surface area contributed by atoms with Crippen molar-refractivity contribution in [2.75, 3.05) is 7.05 Å². The van der Waals surface area contributed by atoms with Crippen molar-refractivity contribution in [3.8, 4) is 5.75 Å². The molecule has 0 unspecified atom stereocenters. The van der Waals surface area contributed by atoms with Crippen LogP contribution in [0, 0.1) is 6.92 Å². The van der Waals surface area contributed by atoms with Crippen LogP contribution in [0.15, 0.2) is 40.6 Å². The number of rotatable bonds is 1. The van der Waals surface area contributed by atoms with Gasteiger partial charge in [-0.1, -0.05) is 24.3 Å². The van der Waals surface area contributed by atoms with Crippen LogP contribution >= 0.6 is 0 Å². The number of hydrogen-bond donors (Lipinski definition) is 1. The van der Waals surface area contributed by atoms with E-state index in [4.69, 9.17) is 0 Å². The van der Waals surface area contributed by atoms with Crippen LogP contribution in [0.2, 0.25) is 0 Å². The van der Waals surface area contributed by atoms with Gasteiger partial charge in [0.25, 0.3) is 0 Å². The molecule has 2 aromatic rings. The fourth-order valence-corrected chi connectivity index (χ4v) is 1.68. The second kappa shape index (κ2) is 3.69. The molecule has 0 aliphatic carbocycles. The first-order chi connectivity index (χ1) is 7.24. The first-order valence-electron chi connectivity index (χ1n) is 4.75. The molecule has 0 heterocycles. The highest BCUT2D eigenvalue weighted by molar-refractivity contribution is 5.93. The van der Waals surface area contributed by atoms with Gasteiger partial charge in [0.1, 0.15) is 5.69 Å². The molecule has 76 valence electrons. The fraction of sp³-hybridized carbons (Fsp3) is 0.167. The van der Waals surface area contributed by atoms with E-state index in [-0.39, 0.29) is 5.75 Å². The predicted octanol–water partition coefficient (Wildman–Crippen LogP) is 3.57. The van der Waals surface area contributed by atoms with Gasteiger partial charge in [-0.3, -0.25) is 0 Å². The van der Waals surface area contributed by atoms with Crippen LogP contribution in [0.5, 0.6) is 5.75 Å². The van der Waals surface area contributed by atoms with E-state index in [0.717, 1.165) is 16.3 Å². The molecule has 0 aliphatic rings. The summed E-state index contributed by atoms with van der Waals surface area (Å²) in [6, 6.07) is 9.68. The van der Waals surface area contributed by atoms with E-state index in [2.05, 4.69) is 10.2 Å². The maximum Gasteiger partial charge on any atom is 0.151 e. The summed E-state index contributed by atoms with van der Waals surface area (Å²) in [5, 5.41) is 19.5. The van der Waals surface area contributed by atoms with Crippen LogP contribution in [0.1, 0.15) is 5.56 Å². The molecule has 1 N–H and O–H groups in total. The largest absolute Gasteiger partial charge is 0.505 e. The van der Waals surface area contributed by atoms with E-state index in [9.17, 15) is 5.11 Å². The third kappa shape index (κ3) is 1.56. The number of aromatic hydroxyl groups is 1. The Morgan fingerprint density at radius 3 is 2.67 bits per heavy atom. The molecule has 2 aromatic carbocycles. The molecule has 0 aliphatic heterocycles. The SMILES string of the molecule is CN=Nc1c(C)cc2ccccc2c1O. The molecule has 2 rings (SSSR count). The van der Waals surface area contributed by atoms with Crippen molar-refractivity contribution in [3.63, 3.8) is 0 Å². The Balaban J connectivity index is 2.83. The minimum atomic E-state index is 0.205. The number of nitrogens with zero attached hydrogens (tertiary/aromatic N) is 2. The molecule has 0 fully saturated rings. The Labute approximate surface area is 88.1 Å². The summed E-state index contributed by atoms with van der Waals surface area (Å²) >= 11 is 0. The molecule has 0 bridgehead atoms. The number of aryl methyl sites for hydroxylation is 1. The van der Waals surface area contributed by atoms with E-state index in [1.165, 1.54) is 0 Å². The highest BCUT2D eigenvalue weighted by Crippen LogP contribution is 2.37. The quantitative estimate of drug-likeness (QED) is 0.703. The van der Waals surface area contributed by atoms with Gasteiger partial charge < -0.3 is 5.11 Å². The Kier molecular flexibility index (Phi) is 2.37. The zero-order valence-electron chi connectivity index (χ0n) is 8.73. The molecule has 0 aromatic heterocycles.